The Bertz CT molecular complexity index is 853. The molecule has 3 rings (SSSR count). The topological polar surface area (TPSA) is 75.6 Å². The minimum Gasteiger partial charge on any atom is -0.480 e. The molecule has 0 unspecified atom stereocenters. The molecule has 5 nitrogen and oxygen atoms in total. The molecule has 2 N–H and O–H groups in total. The van der Waals surface area contributed by atoms with Crippen molar-refractivity contribution in [2.75, 3.05) is 6.61 Å². The largest absolute Gasteiger partial charge is 0.480 e. The van der Waals surface area contributed by atoms with Gasteiger partial charge in [-0.15, -0.1) is 0 Å². The second-order valence-corrected chi connectivity index (χ2v) is 7.22. The summed E-state index contributed by atoms with van der Waals surface area (Å²) in [6.07, 6.45) is 2.16. The number of carboxylic acids is 1. The number of alkyl carbamates (subject to hydrolysis) is 1. The maximum atomic E-state index is 12.2. The van der Waals surface area contributed by atoms with Crippen molar-refractivity contribution < 1.29 is 19.4 Å². The number of hydrogen-bond acceptors (Lipinski definition) is 3. The Labute approximate surface area is 165 Å². The van der Waals surface area contributed by atoms with E-state index in [2.05, 4.69) is 17.4 Å². The lowest BCUT2D eigenvalue weighted by molar-refractivity contribution is -0.139. The van der Waals surface area contributed by atoms with Gasteiger partial charge < -0.3 is 15.2 Å². The van der Waals surface area contributed by atoms with Crippen molar-refractivity contribution >= 4 is 12.1 Å². The molecule has 0 saturated carbocycles. The van der Waals surface area contributed by atoms with Gasteiger partial charge in [-0.3, -0.25) is 0 Å². The van der Waals surface area contributed by atoms with Crippen molar-refractivity contribution in [2.45, 2.75) is 38.6 Å². The average molecular weight is 379 g/mol. The maximum Gasteiger partial charge on any atom is 0.407 e. The summed E-state index contributed by atoms with van der Waals surface area (Å²) in [5, 5.41) is 11.8. The van der Waals surface area contributed by atoms with Gasteiger partial charge in [-0.2, -0.15) is 0 Å². The third-order valence-electron chi connectivity index (χ3n) is 4.94. The van der Waals surface area contributed by atoms with E-state index in [9.17, 15) is 14.7 Å². The predicted molar refractivity (Wildman–Crippen MR) is 108 cm³/mol. The van der Waals surface area contributed by atoms with E-state index in [4.69, 9.17) is 4.74 Å². The Kier molecular flexibility index (Phi) is 6.14. The Balaban J connectivity index is 1.64. The number of ether oxygens (including phenoxy) is 1. The van der Waals surface area contributed by atoms with Crippen LogP contribution in [0.2, 0.25) is 0 Å². The maximum absolute atomic E-state index is 12.2. The summed E-state index contributed by atoms with van der Waals surface area (Å²) in [6, 6.07) is 15.2. The van der Waals surface area contributed by atoms with Gasteiger partial charge in [0.1, 0.15) is 12.6 Å². The van der Waals surface area contributed by atoms with E-state index in [1.165, 1.54) is 0 Å². The molecule has 146 valence electrons. The molecule has 2 aromatic carbocycles. The van der Waals surface area contributed by atoms with Gasteiger partial charge in [0.15, 0.2) is 0 Å². The summed E-state index contributed by atoms with van der Waals surface area (Å²) in [4.78, 5) is 23.6. The van der Waals surface area contributed by atoms with Gasteiger partial charge in [0.05, 0.1) is 0 Å². The molecule has 5 heteroatoms. The molecule has 0 saturated heterocycles. The first-order chi connectivity index (χ1) is 13.5. The molecule has 0 aliphatic heterocycles. The number of aliphatic carboxylic acids is 1. The van der Waals surface area contributed by atoms with Crippen LogP contribution in [0.5, 0.6) is 0 Å². The highest BCUT2D eigenvalue weighted by Gasteiger charge is 2.29. The summed E-state index contributed by atoms with van der Waals surface area (Å²) < 4.78 is 5.42. The molecule has 1 aliphatic carbocycles. The Hall–Kier alpha value is -3.08. The van der Waals surface area contributed by atoms with Crippen LogP contribution in [-0.4, -0.2) is 29.8 Å². The van der Waals surface area contributed by atoms with Crippen molar-refractivity contribution in [3.05, 3.63) is 71.3 Å². The van der Waals surface area contributed by atoms with Gasteiger partial charge in [-0.05, 0) is 48.9 Å². The van der Waals surface area contributed by atoms with Crippen molar-refractivity contribution in [3.63, 3.8) is 0 Å². The predicted octanol–water partition coefficient (Wildman–Crippen LogP) is 4.72. The van der Waals surface area contributed by atoms with Crippen LogP contribution >= 0.6 is 0 Å². The Morgan fingerprint density at radius 3 is 2.18 bits per heavy atom. The summed E-state index contributed by atoms with van der Waals surface area (Å²) in [7, 11) is 0. The first-order valence-corrected chi connectivity index (χ1v) is 9.45. The molecule has 28 heavy (non-hydrogen) atoms. The van der Waals surface area contributed by atoms with Crippen LogP contribution in [0, 0.1) is 0 Å². The highest BCUT2D eigenvalue weighted by atomic mass is 16.5. The Morgan fingerprint density at radius 2 is 1.64 bits per heavy atom. The standard InChI is InChI=1S/C23H25NO4/c1-15(2)8-7-13-21(22(25)26)24-23(27)28-14-20-18-11-5-3-9-16(18)17-10-4-6-12-19(17)20/h3-6,8-12,20-21H,7,13-14H2,1-2H3,(H,24,27)(H,25,26)/t21-/m0/s1. The lowest BCUT2D eigenvalue weighted by Gasteiger charge is -2.17. The quantitative estimate of drug-likeness (QED) is 0.682. The van der Waals surface area contributed by atoms with Gasteiger partial charge in [0, 0.05) is 5.92 Å². The molecule has 0 fully saturated rings. The van der Waals surface area contributed by atoms with Gasteiger partial charge in [-0.25, -0.2) is 9.59 Å². The monoisotopic (exact) mass is 379 g/mol. The molecule has 0 radical (unpaired) electrons. The zero-order chi connectivity index (χ0) is 20.1. The highest BCUT2D eigenvalue weighted by Crippen LogP contribution is 2.44. The number of nitrogens with one attached hydrogen (secondary N) is 1. The molecule has 1 amide bonds. The van der Waals surface area contributed by atoms with Crippen LogP contribution in [-0.2, 0) is 9.53 Å². The number of rotatable bonds is 7. The number of amides is 1. The van der Waals surface area contributed by atoms with E-state index in [1.807, 2.05) is 56.3 Å². The summed E-state index contributed by atoms with van der Waals surface area (Å²) in [6.45, 7) is 4.07. The smallest absolute Gasteiger partial charge is 0.407 e. The van der Waals surface area contributed by atoms with E-state index >= 15 is 0 Å². The minimum atomic E-state index is -1.06. The van der Waals surface area contributed by atoms with Gasteiger partial charge in [0.2, 0.25) is 0 Å². The van der Waals surface area contributed by atoms with Crippen molar-refractivity contribution in [3.8, 4) is 11.1 Å². The van der Waals surface area contributed by atoms with Crippen molar-refractivity contribution in [2.24, 2.45) is 0 Å². The normalized spacial score (nSPS) is 13.2. The first-order valence-electron chi connectivity index (χ1n) is 9.45. The minimum absolute atomic E-state index is 0.0490. The number of carbonyl (C=O) groups excluding carboxylic acids is 1. The average Bonchev–Trinajstić information content (AvgIpc) is 2.99. The zero-order valence-electron chi connectivity index (χ0n) is 16.1. The molecule has 2 aromatic rings. The third kappa shape index (κ3) is 4.42. The van der Waals surface area contributed by atoms with Crippen molar-refractivity contribution in [1.82, 2.24) is 5.32 Å². The van der Waals surface area contributed by atoms with Gasteiger partial charge >= 0.3 is 12.1 Å². The number of carbonyl (C=O) groups is 2. The SMILES string of the molecule is CC(C)=CCC[C@H](NC(=O)OCC1c2ccccc2-c2ccccc21)C(=O)O. The molecule has 0 bridgehead atoms. The fourth-order valence-corrected chi connectivity index (χ4v) is 3.58. The van der Waals surface area contributed by atoms with Crippen molar-refractivity contribution in [1.29, 1.82) is 0 Å². The number of hydrogen-bond donors (Lipinski definition) is 2. The van der Waals surface area contributed by atoms with E-state index in [-0.39, 0.29) is 12.5 Å². The third-order valence-corrected chi connectivity index (χ3v) is 4.94. The number of carboxylic acid groups (broad SMARTS) is 1. The molecule has 0 spiro atoms. The lowest BCUT2D eigenvalue weighted by Crippen LogP contribution is -2.41. The summed E-state index contributed by atoms with van der Waals surface area (Å²) in [5.74, 6) is -1.11. The lowest BCUT2D eigenvalue weighted by atomic mass is 9.98. The van der Waals surface area contributed by atoms with Crippen LogP contribution < -0.4 is 5.32 Å². The molecule has 1 atom stereocenters. The second kappa shape index (κ2) is 8.74. The highest BCUT2D eigenvalue weighted by molar-refractivity contribution is 5.81. The fourth-order valence-electron chi connectivity index (χ4n) is 3.58. The Morgan fingerprint density at radius 1 is 1.07 bits per heavy atom. The molecule has 1 aliphatic rings. The molecule has 0 aromatic heterocycles. The number of fused-ring (bicyclic) bond motifs is 3. The summed E-state index contributed by atoms with van der Waals surface area (Å²) in [5.41, 5.74) is 5.66. The van der Waals surface area contributed by atoms with E-state index in [0.717, 1.165) is 27.8 Å². The molecular weight excluding hydrogens is 354 g/mol. The number of allylic oxidation sites excluding steroid dienone is 2. The first kappa shape index (κ1) is 19.7. The van der Waals surface area contributed by atoms with E-state index in [1.54, 1.807) is 0 Å². The van der Waals surface area contributed by atoms with Gasteiger partial charge in [0.25, 0.3) is 0 Å². The molecule has 0 heterocycles. The second-order valence-electron chi connectivity index (χ2n) is 7.22. The van der Waals surface area contributed by atoms with Crippen LogP contribution in [0.25, 0.3) is 11.1 Å². The van der Waals surface area contributed by atoms with Crippen LogP contribution in [0.15, 0.2) is 60.2 Å². The van der Waals surface area contributed by atoms with E-state index < -0.39 is 18.1 Å². The van der Waals surface area contributed by atoms with Crippen LogP contribution in [0.1, 0.15) is 43.7 Å². The van der Waals surface area contributed by atoms with Crippen LogP contribution in [0.4, 0.5) is 4.79 Å². The van der Waals surface area contributed by atoms with Crippen LogP contribution in [0.3, 0.4) is 0 Å². The fraction of sp³-hybridized carbons (Fsp3) is 0.304. The number of benzene rings is 2. The summed E-state index contributed by atoms with van der Waals surface area (Å²) >= 11 is 0. The zero-order valence-corrected chi connectivity index (χ0v) is 16.1. The van der Waals surface area contributed by atoms with E-state index in [0.29, 0.717) is 12.8 Å². The van der Waals surface area contributed by atoms with Gasteiger partial charge in [-0.1, -0.05) is 60.2 Å². The molecular formula is C23H25NO4.